The number of aryl methyl sites for hydroxylation is 1. The molecule has 0 bridgehead atoms. The van der Waals surface area contributed by atoms with Gasteiger partial charge in [-0.1, -0.05) is 74.2 Å². The van der Waals surface area contributed by atoms with Crippen LogP contribution in [0.2, 0.25) is 5.02 Å². The van der Waals surface area contributed by atoms with Crippen molar-refractivity contribution in [1.82, 2.24) is 14.6 Å². The first-order valence-corrected chi connectivity index (χ1v) is 16.2. The number of benzene rings is 2. The molecule has 1 unspecified atom stereocenters. The second-order valence-corrected chi connectivity index (χ2v) is 13.7. The number of carbonyl (C=O) groups is 1. The minimum absolute atomic E-state index is 0.00441. The Bertz CT molecular complexity index is 1830. The normalized spacial score (nSPS) is 15.6. The molecule has 0 aliphatic carbocycles. The second kappa shape index (κ2) is 13.8. The van der Waals surface area contributed by atoms with Crippen LogP contribution in [-0.4, -0.2) is 51.0 Å². The first-order chi connectivity index (χ1) is 22.3. The summed E-state index contributed by atoms with van der Waals surface area (Å²) >= 11 is 6.40. The summed E-state index contributed by atoms with van der Waals surface area (Å²) in [6.45, 7) is 19.0. The van der Waals surface area contributed by atoms with Crippen molar-refractivity contribution in [1.29, 1.82) is 0 Å². The van der Waals surface area contributed by atoms with Crippen LogP contribution in [-0.2, 0) is 9.53 Å². The van der Waals surface area contributed by atoms with Gasteiger partial charge in [0.25, 0.3) is 0 Å². The maximum atomic E-state index is 12.8. The lowest BCUT2D eigenvalue weighted by atomic mass is 9.80. The minimum Gasteiger partial charge on any atom is -0.489 e. The lowest BCUT2D eigenvalue weighted by molar-refractivity contribution is -0.160. The van der Waals surface area contributed by atoms with Gasteiger partial charge >= 0.3 is 5.97 Å². The third-order valence-corrected chi connectivity index (χ3v) is 8.60. The highest BCUT2D eigenvalue weighted by atomic mass is 35.5. The number of rotatable bonds is 11. The third kappa shape index (κ3) is 7.61. The lowest BCUT2D eigenvalue weighted by Crippen LogP contribution is -2.40. The molecular weight excluding hydrogens is 612 g/mol. The van der Waals surface area contributed by atoms with E-state index in [-0.39, 0.29) is 5.41 Å². The van der Waals surface area contributed by atoms with Gasteiger partial charge in [-0.3, -0.25) is 0 Å². The van der Waals surface area contributed by atoms with Gasteiger partial charge < -0.3 is 19.5 Å². The van der Waals surface area contributed by atoms with Crippen LogP contribution in [0.5, 0.6) is 5.75 Å². The highest BCUT2D eigenvalue weighted by Gasteiger charge is 2.37. The third-order valence-electron chi connectivity index (χ3n) is 8.37. The molecule has 47 heavy (non-hydrogen) atoms. The average Bonchev–Trinajstić information content (AvgIpc) is 3.45. The van der Waals surface area contributed by atoms with Crippen molar-refractivity contribution < 1.29 is 19.4 Å². The molecule has 2 aromatic heterocycles. The molecule has 0 spiro atoms. The molecule has 3 heterocycles. The molecule has 5 rings (SSSR count). The number of carboxylic acids is 1. The van der Waals surface area contributed by atoms with Crippen molar-refractivity contribution >= 4 is 29.0 Å². The number of allylic oxidation sites excluding steroid dienone is 3. The molecular formula is C38H43ClN4O4. The van der Waals surface area contributed by atoms with E-state index in [0.29, 0.717) is 58.9 Å². The fourth-order valence-corrected chi connectivity index (χ4v) is 6.17. The average molecular weight is 655 g/mol. The van der Waals surface area contributed by atoms with Crippen LogP contribution in [0.4, 0.5) is 5.82 Å². The molecule has 1 aliphatic heterocycles. The van der Waals surface area contributed by atoms with Gasteiger partial charge in [-0.05, 0) is 75.8 Å². The smallest absolute Gasteiger partial charge is 0.337 e. The summed E-state index contributed by atoms with van der Waals surface area (Å²) in [4.78, 5) is 19.9. The van der Waals surface area contributed by atoms with Gasteiger partial charge in [0.1, 0.15) is 18.2 Å². The number of fused-ring (bicyclic) bond motifs is 1. The molecule has 246 valence electrons. The zero-order valence-electron chi connectivity index (χ0n) is 27.8. The van der Waals surface area contributed by atoms with Crippen LogP contribution < -0.4 is 9.64 Å². The summed E-state index contributed by atoms with van der Waals surface area (Å²) in [5.74, 6) is 0.317. The van der Waals surface area contributed by atoms with E-state index >= 15 is 0 Å². The summed E-state index contributed by atoms with van der Waals surface area (Å²) in [5.41, 5.74) is 4.36. The number of halogens is 1. The first-order valence-electron chi connectivity index (χ1n) is 15.8. The molecule has 0 radical (unpaired) electrons. The number of aliphatic carboxylic acids is 1. The number of aromatic nitrogens is 3. The van der Waals surface area contributed by atoms with E-state index in [2.05, 4.69) is 31.1 Å². The van der Waals surface area contributed by atoms with Gasteiger partial charge in [0, 0.05) is 41.0 Å². The largest absolute Gasteiger partial charge is 0.489 e. The summed E-state index contributed by atoms with van der Waals surface area (Å²) in [6, 6.07) is 15.5. The molecule has 1 atom stereocenters. The van der Waals surface area contributed by atoms with Crippen LogP contribution in [0, 0.1) is 12.3 Å². The molecule has 2 aromatic carbocycles. The van der Waals surface area contributed by atoms with E-state index in [1.54, 1.807) is 22.7 Å². The number of hydrogen-bond acceptors (Lipinski definition) is 6. The topological polar surface area (TPSA) is 89.2 Å². The predicted molar refractivity (Wildman–Crippen MR) is 189 cm³/mol. The zero-order valence-corrected chi connectivity index (χ0v) is 28.6. The summed E-state index contributed by atoms with van der Waals surface area (Å²) in [6.07, 6.45) is 8.24. The predicted octanol–water partition coefficient (Wildman–Crippen LogP) is 8.88. The number of piperidine rings is 1. The standard InChI is InChI=1S/C38H43ClN4O4/c1-8-10-16-38(7)17-19-42(20-18-38)35-33(34(36(44)45)47-37(4,5)6)25(3)40-32-24-30(41-43(32)35)27-13-11-12-26(22-27)29-23-28(39)14-15-31(29)46-21-9-2/h8-16,22-24,34H,1-2,17-21H2,3-7H3,(H,44,45). The Labute approximate surface area is 282 Å². The summed E-state index contributed by atoms with van der Waals surface area (Å²) in [5, 5.41) is 16.1. The maximum Gasteiger partial charge on any atom is 0.337 e. The Morgan fingerprint density at radius 3 is 2.51 bits per heavy atom. The van der Waals surface area contributed by atoms with Crippen molar-refractivity contribution in [2.24, 2.45) is 5.41 Å². The molecule has 1 N–H and O–H groups in total. The molecule has 1 fully saturated rings. The fraction of sp³-hybridized carbons (Fsp3) is 0.342. The number of carboxylic acid groups (broad SMARTS) is 1. The Hall–Kier alpha value is -4.40. The van der Waals surface area contributed by atoms with Crippen LogP contribution in [0.1, 0.15) is 57.9 Å². The number of nitrogens with zero attached hydrogens (tertiary/aromatic N) is 4. The molecule has 4 aromatic rings. The summed E-state index contributed by atoms with van der Waals surface area (Å²) in [7, 11) is 0. The lowest BCUT2D eigenvalue weighted by Gasteiger charge is -2.40. The number of ether oxygens (including phenoxy) is 2. The molecule has 1 saturated heterocycles. The van der Waals surface area contributed by atoms with E-state index in [9.17, 15) is 9.90 Å². The SMILES string of the molecule is C=CC=CC1(C)CCN(c2c(C(OC(C)(C)C)C(=O)O)c(C)nc3cc(-c4cccc(-c5cc(Cl)ccc5OCC=C)c4)nn23)CC1. The monoisotopic (exact) mass is 654 g/mol. The maximum absolute atomic E-state index is 12.8. The Morgan fingerprint density at radius 1 is 1.13 bits per heavy atom. The van der Waals surface area contributed by atoms with Gasteiger partial charge in [-0.25, -0.2) is 9.78 Å². The van der Waals surface area contributed by atoms with Crippen molar-refractivity contribution in [2.75, 3.05) is 24.6 Å². The Morgan fingerprint density at radius 2 is 1.85 bits per heavy atom. The van der Waals surface area contributed by atoms with E-state index < -0.39 is 17.7 Å². The van der Waals surface area contributed by atoms with Gasteiger partial charge in [0.2, 0.25) is 0 Å². The van der Waals surface area contributed by atoms with Gasteiger partial charge in [-0.2, -0.15) is 9.61 Å². The van der Waals surface area contributed by atoms with Gasteiger partial charge in [0.05, 0.1) is 16.9 Å². The van der Waals surface area contributed by atoms with E-state index in [0.717, 1.165) is 29.5 Å². The number of hydrogen-bond donors (Lipinski definition) is 1. The van der Waals surface area contributed by atoms with Crippen LogP contribution in [0.15, 0.2) is 86.0 Å². The first kappa shape index (κ1) is 33.9. The zero-order chi connectivity index (χ0) is 33.9. The molecule has 0 saturated carbocycles. The van der Waals surface area contributed by atoms with Crippen LogP contribution in [0.3, 0.4) is 0 Å². The molecule has 1 aliphatic rings. The van der Waals surface area contributed by atoms with E-state index in [4.69, 9.17) is 31.2 Å². The Kier molecular flexibility index (Phi) is 9.94. The van der Waals surface area contributed by atoms with Gasteiger partial charge in [-0.15, -0.1) is 0 Å². The summed E-state index contributed by atoms with van der Waals surface area (Å²) < 4.78 is 13.9. The highest BCUT2D eigenvalue weighted by Crippen LogP contribution is 2.40. The van der Waals surface area contributed by atoms with Crippen molar-refractivity contribution in [2.45, 2.75) is 59.2 Å². The second-order valence-electron chi connectivity index (χ2n) is 13.2. The molecule has 9 heteroatoms. The van der Waals surface area contributed by atoms with Crippen molar-refractivity contribution in [3.8, 4) is 28.1 Å². The van der Waals surface area contributed by atoms with E-state index in [1.165, 1.54) is 0 Å². The van der Waals surface area contributed by atoms with Crippen molar-refractivity contribution in [3.63, 3.8) is 0 Å². The van der Waals surface area contributed by atoms with Crippen LogP contribution in [0.25, 0.3) is 28.0 Å². The minimum atomic E-state index is -1.23. The van der Waals surface area contributed by atoms with Crippen molar-refractivity contribution in [3.05, 3.63) is 102 Å². The highest BCUT2D eigenvalue weighted by molar-refractivity contribution is 6.31. The fourth-order valence-electron chi connectivity index (χ4n) is 6.00. The molecule has 8 nitrogen and oxygen atoms in total. The van der Waals surface area contributed by atoms with Gasteiger partial charge in [0.15, 0.2) is 11.8 Å². The molecule has 0 amide bonds. The quantitative estimate of drug-likeness (QED) is 0.128. The van der Waals surface area contributed by atoms with Crippen LogP contribution >= 0.6 is 11.6 Å². The van der Waals surface area contributed by atoms with E-state index in [1.807, 2.05) is 76.2 Å². The Balaban J connectivity index is 1.65. The number of anilines is 1.